The maximum Gasteiger partial charge on any atom is 0.416 e. The van der Waals surface area contributed by atoms with Crippen molar-refractivity contribution in [1.29, 1.82) is 0 Å². The summed E-state index contributed by atoms with van der Waals surface area (Å²) < 4.78 is 39.0. The third-order valence-electron chi connectivity index (χ3n) is 5.39. The summed E-state index contributed by atoms with van der Waals surface area (Å²) in [5.41, 5.74) is 1.12. The van der Waals surface area contributed by atoms with Crippen LogP contribution in [0.15, 0.2) is 84.9 Å². The van der Waals surface area contributed by atoms with Crippen LogP contribution in [0.25, 0.3) is 0 Å². The van der Waals surface area contributed by atoms with Crippen molar-refractivity contribution in [3.63, 3.8) is 0 Å². The molecule has 1 saturated heterocycles. The fourth-order valence-electron chi connectivity index (χ4n) is 3.68. The van der Waals surface area contributed by atoms with Gasteiger partial charge in [-0.05, 0) is 35.4 Å². The molecule has 0 unspecified atom stereocenters. The van der Waals surface area contributed by atoms with Crippen molar-refractivity contribution in [2.45, 2.75) is 24.1 Å². The summed E-state index contributed by atoms with van der Waals surface area (Å²) in [5, 5.41) is 2.31. The second-order valence-electron chi connectivity index (χ2n) is 7.60. The highest BCUT2D eigenvalue weighted by atomic mass is 32.2. The number of hydrogen-bond acceptors (Lipinski definition) is 3. The van der Waals surface area contributed by atoms with E-state index >= 15 is 0 Å². The minimum absolute atomic E-state index is 0.301. The summed E-state index contributed by atoms with van der Waals surface area (Å²) in [7, 11) is 0. The number of halogens is 3. The Morgan fingerprint density at radius 2 is 1.52 bits per heavy atom. The minimum atomic E-state index is -4.44. The molecule has 1 fully saturated rings. The van der Waals surface area contributed by atoms with Gasteiger partial charge in [-0.15, -0.1) is 11.8 Å². The van der Waals surface area contributed by atoms with Gasteiger partial charge < -0.3 is 10.2 Å². The molecule has 0 bridgehead atoms. The molecular formula is C25H21F3N2O2S. The van der Waals surface area contributed by atoms with Crippen LogP contribution in [0.5, 0.6) is 0 Å². The van der Waals surface area contributed by atoms with E-state index in [4.69, 9.17) is 0 Å². The summed E-state index contributed by atoms with van der Waals surface area (Å²) in [5.74, 6) is -0.305. The predicted molar refractivity (Wildman–Crippen MR) is 121 cm³/mol. The van der Waals surface area contributed by atoms with Gasteiger partial charge in [0.1, 0.15) is 11.4 Å². The second kappa shape index (κ2) is 9.70. The summed E-state index contributed by atoms with van der Waals surface area (Å²) >= 11 is 1.36. The highest BCUT2D eigenvalue weighted by molar-refractivity contribution is 7.99. The summed E-state index contributed by atoms with van der Waals surface area (Å²) in [6, 6.07) is 22.0. The lowest BCUT2D eigenvalue weighted by Crippen LogP contribution is -2.47. The predicted octanol–water partition coefficient (Wildman–Crippen LogP) is 5.28. The zero-order chi connectivity index (χ0) is 23.4. The Kier molecular flexibility index (Phi) is 6.74. The number of hydrogen-bond donors (Lipinski definition) is 1. The molecule has 0 radical (unpaired) electrons. The van der Waals surface area contributed by atoms with Gasteiger partial charge in [-0.3, -0.25) is 9.59 Å². The lowest BCUT2D eigenvalue weighted by atomic mass is 10.1. The quantitative estimate of drug-likeness (QED) is 0.552. The number of alkyl halides is 3. The first kappa shape index (κ1) is 22.9. The van der Waals surface area contributed by atoms with Crippen LogP contribution in [0, 0.1) is 0 Å². The number of nitrogens with zero attached hydrogens (tertiary/aromatic N) is 1. The first-order valence-corrected chi connectivity index (χ1v) is 11.4. The molecule has 1 N–H and O–H groups in total. The Balaban J connectivity index is 1.60. The Morgan fingerprint density at radius 1 is 0.909 bits per heavy atom. The van der Waals surface area contributed by atoms with Crippen molar-refractivity contribution in [3.05, 3.63) is 107 Å². The van der Waals surface area contributed by atoms with E-state index in [1.807, 2.05) is 30.3 Å². The summed E-state index contributed by atoms with van der Waals surface area (Å²) in [6.45, 7) is 0.319. The van der Waals surface area contributed by atoms with Gasteiger partial charge in [0.25, 0.3) is 5.91 Å². The third kappa shape index (κ3) is 5.22. The lowest BCUT2D eigenvalue weighted by molar-refractivity contribution is -0.137. The van der Waals surface area contributed by atoms with Crippen LogP contribution in [0.2, 0.25) is 0 Å². The van der Waals surface area contributed by atoms with Gasteiger partial charge in [-0.25, -0.2) is 0 Å². The highest BCUT2D eigenvalue weighted by Gasteiger charge is 2.42. The number of rotatable bonds is 5. The first-order valence-electron chi connectivity index (χ1n) is 10.3. The summed E-state index contributed by atoms with van der Waals surface area (Å²) in [4.78, 5) is 27.9. The molecule has 1 aliphatic heterocycles. The van der Waals surface area contributed by atoms with Crippen LogP contribution in [-0.2, 0) is 17.5 Å². The van der Waals surface area contributed by atoms with E-state index in [0.29, 0.717) is 23.4 Å². The van der Waals surface area contributed by atoms with Gasteiger partial charge in [-0.1, -0.05) is 60.7 Å². The number of thioether (sulfide) groups is 1. The van der Waals surface area contributed by atoms with Crippen LogP contribution in [0.3, 0.4) is 0 Å². The van der Waals surface area contributed by atoms with Gasteiger partial charge in [0.05, 0.1) is 5.56 Å². The van der Waals surface area contributed by atoms with Crippen molar-refractivity contribution in [1.82, 2.24) is 10.2 Å². The van der Waals surface area contributed by atoms with E-state index in [1.54, 1.807) is 30.3 Å². The molecule has 4 nitrogen and oxygen atoms in total. The smallest absolute Gasteiger partial charge is 0.350 e. The van der Waals surface area contributed by atoms with E-state index in [2.05, 4.69) is 5.32 Å². The minimum Gasteiger partial charge on any atom is -0.350 e. The van der Waals surface area contributed by atoms with Crippen LogP contribution in [-0.4, -0.2) is 28.5 Å². The van der Waals surface area contributed by atoms with Crippen molar-refractivity contribution >= 4 is 23.6 Å². The average molecular weight is 471 g/mol. The maximum atomic E-state index is 13.4. The molecule has 0 saturated carbocycles. The van der Waals surface area contributed by atoms with Gasteiger partial charge in [0, 0.05) is 17.9 Å². The number of carbonyl (C=O) groups excluding carboxylic acids is 2. The Hall–Kier alpha value is -3.26. The molecule has 0 aliphatic carbocycles. The standard InChI is InChI=1S/C25H21F3N2O2S/c26-25(27,28)20-13-11-19(12-14-20)24-30(23(32)18-9-5-2-6-10-18)21(16-33-24)22(31)29-15-17-7-3-1-4-8-17/h1-14,21,24H,15-16H2,(H,29,31)/t21-,24-/m1/s1. The van der Waals surface area contributed by atoms with Gasteiger partial charge in [-0.2, -0.15) is 13.2 Å². The monoisotopic (exact) mass is 470 g/mol. The molecule has 1 aliphatic rings. The Morgan fingerprint density at radius 3 is 2.12 bits per heavy atom. The molecule has 2 amide bonds. The van der Waals surface area contributed by atoms with E-state index in [9.17, 15) is 22.8 Å². The first-order chi connectivity index (χ1) is 15.8. The largest absolute Gasteiger partial charge is 0.416 e. The highest BCUT2D eigenvalue weighted by Crippen LogP contribution is 2.43. The van der Waals surface area contributed by atoms with E-state index in [0.717, 1.165) is 17.7 Å². The number of carbonyl (C=O) groups is 2. The molecule has 0 aromatic heterocycles. The maximum absolute atomic E-state index is 13.4. The zero-order valence-electron chi connectivity index (χ0n) is 17.5. The second-order valence-corrected chi connectivity index (χ2v) is 8.72. The SMILES string of the molecule is O=C(NCc1ccccc1)[C@H]1CS[C@H](c2ccc(C(F)(F)F)cc2)N1C(=O)c1ccccc1. The summed E-state index contributed by atoms with van der Waals surface area (Å²) in [6.07, 6.45) is -4.44. The number of nitrogens with one attached hydrogen (secondary N) is 1. The van der Waals surface area contributed by atoms with Crippen molar-refractivity contribution in [2.24, 2.45) is 0 Å². The molecule has 170 valence electrons. The van der Waals surface area contributed by atoms with Crippen molar-refractivity contribution < 1.29 is 22.8 Å². The number of benzene rings is 3. The van der Waals surface area contributed by atoms with Gasteiger partial charge in [0.2, 0.25) is 5.91 Å². The molecular weight excluding hydrogens is 449 g/mol. The third-order valence-corrected chi connectivity index (χ3v) is 6.71. The fourth-order valence-corrected chi connectivity index (χ4v) is 5.11. The Labute approximate surface area is 193 Å². The van der Waals surface area contributed by atoms with Crippen LogP contribution in [0.4, 0.5) is 13.2 Å². The van der Waals surface area contributed by atoms with E-state index < -0.39 is 23.2 Å². The molecule has 1 heterocycles. The average Bonchev–Trinajstić information content (AvgIpc) is 3.28. The molecule has 2 atom stereocenters. The van der Waals surface area contributed by atoms with Gasteiger partial charge in [0.15, 0.2) is 0 Å². The van der Waals surface area contributed by atoms with Gasteiger partial charge >= 0.3 is 6.18 Å². The molecule has 33 heavy (non-hydrogen) atoms. The van der Waals surface area contributed by atoms with Crippen molar-refractivity contribution in [2.75, 3.05) is 5.75 Å². The van der Waals surface area contributed by atoms with Crippen LogP contribution < -0.4 is 5.32 Å². The lowest BCUT2D eigenvalue weighted by Gasteiger charge is -2.29. The van der Waals surface area contributed by atoms with E-state index in [1.165, 1.54) is 28.8 Å². The van der Waals surface area contributed by atoms with E-state index in [-0.39, 0.29) is 11.8 Å². The normalized spacial score (nSPS) is 18.2. The molecule has 3 aromatic rings. The molecule has 4 rings (SSSR count). The molecule has 0 spiro atoms. The zero-order valence-corrected chi connectivity index (χ0v) is 18.3. The number of amides is 2. The fraction of sp³-hybridized carbons (Fsp3) is 0.200. The van der Waals surface area contributed by atoms with Crippen molar-refractivity contribution in [3.8, 4) is 0 Å². The topological polar surface area (TPSA) is 49.4 Å². The van der Waals surface area contributed by atoms with Crippen LogP contribution >= 0.6 is 11.8 Å². The Bertz CT molecular complexity index is 1110. The van der Waals surface area contributed by atoms with Crippen LogP contribution in [0.1, 0.15) is 32.4 Å². The molecule has 3 aromatic carbocycles. The molecule has 8 heteroatoms.